The van der Waals surface area contributed by atoms with E-state index in [-0.39, 0.29) is 5.91 Å². The van der Waals surface area contributed by atoms with Crippen LogP contribution < -0.4 is 5.32 Å². The molecule has 6 nitrogen and oxygen atoms in total. The van der Waals surface area contributed by atoms with Crippen LogP contribution in [0.1, 0.15) is 24.0 Å². The van der Waals surface area contributed by atoms with Crippen LogP contribution in [0, 0.1) is 11.8 Å². The molecule has 26 heavy (non-hydrogen) atoms. The number of aliphatic imine (C=N–C) groups is 1. The molecule has 5 rings (SSSR count). The van der Waals surface area contributed by atoms with Crippen LogP contribution in [-0.4, -0.2) is 45.1 Å². The normalized spacial score (nSPS) is 30.7. The molecular weight excluding hydrogens is 326 g/mol. The first-order chi connectivity index (χ1) is 12.6. The Bertz CT molecular complexity index is 873. The molecule has 0 unspecified atom stereocenters. The van der Waals surface area contributed by atoms with Gasteiger partial charge in [0.15, 0.2) is 0 Å². The molecule has 1 N–H and O–H groups in total. The highest BCUT2D eigenvalue weighted by molar-refractivity contribution is 6.15. The minimum absolute atomic E-state index is 0.0899. The third-order valence-electron chi connectivity index (χ3n) is 6.17. The van der Waals surface area contributed by atoms with Crippen molar-refractivity contribution in [2.45, 2.75) is 24.9 Å². The van der Waals surface area contributed by atoms with Gasteiger partial charge in [-0.1, -0.05) is 30.3 Å². The van der Waals surface area contributed by atoms with Gasteiger partial charge in [-0.05, 0) is 18.8 Å². The molecule has 3 heterocycles. The fourth-order valence-corrected chi connectivity index (χ4v) is 4.97. The molecule has 3 aliphatic rings. The summed E-state index contributed by atoms with van der Waals surface area (Å²) in [5.74, 6) is 1.69. The Kier molecular flexibility index (Phi) is 3.50. The first kappa shape index (κ1) is 15.8. The first-order valence-electron chi connectivity index (χ1n) is 9.31. The quantitative estimate of drug-likeness (QED) is 0.915. The second-order valence-electron chi connectivity index (χ2n) is 7.83. The van der Waals surface area contributed by atoms with Crippen molar-refractivity contribution >= 4 is 11.7 Å². The molecule has 2 aliphatic heterocycles. The monoisotopic (exact) mass is 349 g/mol. The summed E-state index contributed by atoms with van der Waals surface area (Å²) in [4.78, 5) is 20.4. The lowest BCUT2D eigenvalue weighted by Crippen LogP contribution is -2.44. The summed E-state index contributed by atoms with van der Waals surface area (Å²) in [5.41, 5.74) is 1.65. The highest BCUT2D eigenvalue weighted by Crippen LogP contribution is 2.49. The van der Waals surface area contributed by atoms with E-state index in [2.05, 4.69) is 21.5 Å². The van der Waals surface area contributed by atoms with E-state index in [4.69, 9.17) is 4.99 Å². The van der Waals surface area contributed by atoms with E-state index in [1.165, 1.54) is 5.56 Å². The van der Waals surface area contributed by atoms with Crippen LogP contribution in [0.3, 0.4) is 0 Å². The van der Waals surface area contributed by atoms with E-state index in [9.17, 15) is 4.79 Å². The molecule has 1 amide bonds. The minimum atomic E-state index is -0.570. The molecular formula is C20H23N5O. The van der Waals surface area contributed by atoms with Crippen molar-refractivity contribution in [1.29, 1.82) is 0 Å². The molecule has 1 saturated heterocycles. The lowest BCUT2D eigenvalue weighted by molar-refractivity contribution is -0.125. The highest BCUT2D eigenvalue weighted by Gasteiger charge is 2.59. The molecule has 0 radical (unpaired) electrons. The van der Waals surface area contributed by atoms with Gasteiger partial charge >= 0.3 is 0 Å². The number of amidine groups is 1. The fraction of sp³-hybridized carbons (Fsp3) is 0.450. The summed E-state index contributed by atoms with van der Waals surface area (Å²) in [5, 5.41) is 7.32. The van der Waals surface area contributed by atoms with Crippen LogP contribution in [0.15, 0.2) is 47.7 Å². The number of aryl methyl sites for hydroxylation is 1. The van der Waals surface area contributed by atoms with Crippen molar-refractivity contribution in [1.82, 2.24) is 20.0 Å². The standard InChI is InChI=1S/C20H23N5O/c1-24-10-14(9-21-24)11-25-12-16-7-8-20(17(16)13-25)19(26)22-18(23-20)15-5-3-2-4-6-15/h2-6,9-10,16-17H,7-8,11-13H2,1H3,(H,22,23,26)/t16-,17+,20-/m0/s1. The van der Waals surface area contributed by atoms with Crippen LogP contribution in [0.2, 0.25) is 0 Å². The van der Waals surface area contributed by atoms with Gasteiger partial charge in [0.1, 0.15) is 11.4 Å². The van der Waals surface area contributed by atoms with E-state index in [1.807, 2.05) is 48.3 Å². The van der Waals surface area contributed by atoms with E-state index >= 15 is 0 Å². The topological polar surface area (TPSA) is 62.5 Å². The largest absolute Gasteiger partial charge is 0.308 e. The molecule has 1 aromatic carbocycles. The Morgan fingerprint density at radius 2 is 2.12 bits per heavy atom. The summed E-state index contributed by atoms with van der Waals surface area (Å²) < 4.78 is 1.84. The van der Waals surface area contributed by atoms with Gasteiger partial charge in [-0.2, -0.15) is 5.10 Å². The molecule has 1 aromatic heterocycles. The van der Waals surface area contributed by atoms with Crippen LogP contribution in [-0.2, 0) is 18.4 Å². The Morgan fingerprint density at radius 3 is 2.88 bits per heavy atom. The van der Waals surface area contributed by atoms with Crippen LogP contribution in [0.4, 0.5) is 0 Å². The van der Waals surface area contributed by atoms with E-state index in [1.54, 1.807) is 0 Å². The number of hydrogen-bond acceptors (Lipinski definition) is 4. The number of aromatic nitrogens is 2. The molecule has 6 heteroatoms. The molecule has 134 valence electrons. The van der Waals surface area contributed by atoms with Gasteiger partial charge in [0.25, 0.3) is 5.91 Å². The number of nitrogens with zero attached hydrogens (tertiary/aromatic N) is 4. The average molecular weight is 349 g/mol. The van der Waals surface area contributed by atoms with Crippen molar-refractivity contribution in [3.63, 3.8) is 0 Å². The second kappa shape index (κ2) is 5.77. The summed E-state index contributed by atoms with van der Waals surface area (Å²) in [6, 6.07) is 9.96. The number of benzene rings is 1. The number of fused-ring (bicyclic) bond motifs is 2. The predicted octanol–water partition coefficient (Wildman–Crippen LogP) is 1.58. The van der Waals surface area contributed by atoms with Crippen molar-refractivity contribution in [2.75, 3.05) is 13.1 Å². The Balaban J connectivity index is 1.39. The second-order valence-corrected chi connectivity index (χ2v) is 7.83. The van der Waals surface area contributed by atoms with Gasteiger partial charge in [-0.3, -0.25) is 19.4 Å². The molecule has 3 atom stereocenters. The summed E-state index contributed by atoms with van der Waals surface area (Å²) in [6.45, 7) is 2.87. The molecule has 2 aromatic rings. The lowest BCUT2D eigenvalue weighted by atomic mass is 9.85. The van der Waals surface area contributed by atoms with Crippen molar-refractivity contribution in [3.05, 3.63) is 53.9 Å². The van der Waals surface area contributed by atoms with Gasteiger partial charge in [0.05, 0.1) is 6.20 Å². The SMILES string of the molecule is Cn1cc(CN2C[C@@H]3CC[C@]4(N=C(c5ccccc5)NC4=O)[C@@H]3C2)cn1. The lowest BCUT2D eigenvalue weighted by Gasteiger charge is -2.25. The number of nitrogens with one attached hydrogen (secondary N) is 1. The van der Waals surface area contributed by atoms with Crippen molar-refractivity contribution in [3.8, 4) is 0 Å². The summed E-state index contributed by atoms with van der Waals surface area (Å²) in [6.07, 6.45) is 5.94. The zero-order valence-electron chi connectivity index (χ0n) is 14.9. The number of rotatable bonds is 3. The van der Waals surface area contributed by atoms with Crippen molar-refractivity contribution < 1.29 is 4.79 Å². The molecule has 1 spiro atoms. The summed E-state index contributed by atoms with van der Waals surface area (Å²) in [7, 11) is 1.94. The minimum Gasteiger partial charge on any atom is -0.308 e. The summed E-state index contributed by atoms with van der Waals surface area (Å²) >= 11 is 0. The zero-order valence-corrected chi connectivity index (χ0v) is 14.9. The fourth-order valence-electron chi connectivity index (χ4n) is 4.97. The van der Waals surface area contributed by atoms with Gasteiger partial charge in [0, 0.05) is 49.9 Å². The molecule has 0 bridgehead atoms. The maximum absolute atomic E-state index is 12.9. The predicted molar refractivity (Wildman–Crippen MR) is 98.6 cm³/mol. The first-order valence-corrected chi connectivity index (χ1v) is 9.31. The van der Waals surface area contributed by atoms with Crippen LogP contribution >= 0.6 is 0 Å². The number of carbonyl (C=O) groups is 1. The average Bonchev–Trinajstić information content (AvgIpc) is 3.38. The third kappa shape index (κ3) is 2.40. The number of likely N-dealkylation sites (tertiary alicyclic amines) is 1. The Labute approximate surface area is 152 Å². The number of hydrogen-bond donors (Lipinski definition) is 1. The van der Waals surface area contributed by atoms with E-state index in [0.717, 1.165) is 43.9 Å². The van der Waals surface area contributed by atoms with Crippen LogP contribution in [0.25, 0.3) is 0 Å². The molecule has 1 saturated carbocycles. The van der Waals surface area contributed by atoms with Crippen molar-refractivity contribution in [2.24, 2.45) is 23.9 Å². The zero-order chi connectivity index (χ0) is 17.7. The van der Waals surface area contributed by atoms with E-state index in [0.29, 0.717) is 11.8 Å². The maximum Gasteiger partial charge on any atom is 0.253 e. The maximum atomic E-state index is 12.9. The van der Waals surface area contributed by atoms with Gasteiger partial charge < -0.3 is 5.32 Å². The number of amides is 1. The number of carbonyl (C=O) groups excluding carboxylic acids is 1. The third-order valence-corrected chi connectivity index (χ3v) is 6.17. The molecule has 1 aliphatic carbocycles. The van der Waals surface area contributed by atoms with Gasteiger partial charge in [-0.15, -0.1) is 0 Å². The van der Waals surface area contributed by atoms with Gasteiger partial charge in [0.2, 0.25) is 0 Å². The Morgan fingerprint density at radius 1 is 1.27 bits per heavy atom. The van der Waals surface area contributed by atoms with Gasteiger partial charge in [-0.25, -0.2) is 0 Å². The smallest absolute Gasteiger partial charge is 0.253 e. The highest BCUT2D eigenvalue weighted by atomic mass is 16.2. The Hall–Kier alpha value is -2.47. The van der Waals surface area contributed by atoms with Crippen LogP contribution in [0.5, 0.6) is 0 Å². The van der Waals surface area contributed by atoms with E-state index < -0.39 is 5.54 Å². The molecule has 2 fully saturated rings.